The lowest BCUT2D eigenvalue weighted by Gasteiger charge is -2.15. The molecule has 0 heterocycles. The number of carbonyl (C=O) groups excluding carboxylic acids is 1. The molecule has 0 unspecified atom stereocenters. The van der Waals surface area contributed by atoms with E-state index in [0.29, 0.717) is 27.1 Å². The Bertz CT molecular complexity index is 844. The van der Waals surface area contributed by atoms with Crippen LogP contribution in [0.2, 0.25) is 25.1 Å². The van der Waals surface area contributed by atoms with Crippen LogP contribution >= 0.6 is 58.0 Å². The third kappa shape index (κ3) is 5.61. The first-order chi connectivity index (χ1) is 13.3. The number of rotatable bonds is 8. The van der Waals surface area contributed by atoms with Crippen LogP contribution in [0, 0.1) is 0 Å². The van der Waals surface area contributed by atoms with E-state index in [1.807, 2.05) is 13.8 Å². The zero-order chi connectivity index (χ0) is 20.8. The van der Waals surface area contributed by atoms with Crippen LogP contribution in [0.3, 0.4) is 0 Å². The Balaban J connectivity index is 2.29. The smallest absolute Gasteiger partial charge is 0.284 e. The van der Waals surface area contributed by atoms with Gasteiger partial charge in [0.25, 0.3) is 0 Å². The van der Waals surface area contributed by atoms with Crippen LogP contribution in [0.25, 0.3) is 11.1 Å². The highest BCUT2D eigenvalue weighted by Gasteiger charge is 2.19. The van der Waals surface area contributed by atoms with E-state index < -0.39 is 5.97 Å². The van der Waals surface area contributed by atoms with E-state index in [2.05, 4.69) is 0 Å². The monoisotopic (exact) mass is 482 g/mol. The van der Waals surface area contributed by atoms with Crippen LogP contribution in [-0.2, 0) is 16.1 Å². The van der Waals surface area contributed by atoms with Gasteiger partial charge in [-0.25, -0.2) is 4.79 Å². The normalized spacial score (nSPS) is 10.8. The number of hydrogen-bond donors (Lipinski definition) is 0. The summed E-state index contributed by atoms with van der Waals surface area (Å²) < 4.78 is 0. The second-order valence-electron chi connectivity index (χ2n) is 6.13. The zero-order valence-corrected chi connectivity index (χ0v) is 19.2. The largest absolute Gasteiger partial charge is 0.355 e. The number of hydrogen-bond acceptors (Lipinski definition) is 3. The SMILES string of the molecule is CCCCCC(=O)OOc1c(Cl)cc(-c2cc(Cl)c(Cl)c(Cl)c2CC)cc1Cl. The van der Waals surface area contributed by atoms with Crippen molar-refractivity contribution >= 4 is 64.0 Å². The molecule has 0 saturated carbocycles. The van der Waals surface area contributed by atoms with E-state index >= 15 is 0 Å². The lowest BCUT2D eigenvalue weighted by molar-refractivity contribution is -0.213. The Morgan fingerprint density at radius 2 is 1.54 bits per heavy atom. The lowest BCUT2D eigenvalue weighted by Crippen LogP contribution is -2.08. The van der Waals surface area contributed by atoms with Gasteiger partial charge in [-0.2, -0.15) is 0 Å². The fourth-order valence-electron chi connectivity index (χ4n) is 2.68. The average Bonchev–Trinajstić information content (AvgIpc) is 2.65. The Kier molecular flexibility index (Phi) is 9.04. The third-order valence-electron chi connectivity index (χ3n) is 4.13. The maximum Gasteiger partial charge on any atom is 0.355 e. The molecule has 0 aliphatic carbocycles. The van der Waals surface area contributed by atoms with Crippen molar-refractivity contribution in [2.45, 2.75) is 46.0 Å². The molecule has 0 amide bonds. The van der Waals surface area contributed by atoms with Crippen LogP contribution in [0.4, 0.5) is 0 Å². The van der Waals surface area contributed by atoms with Gasteiger partial charge in [-0.15, -0.1) is 0 Å². The third-order valence-corrected chi connectivity index (χ3v) is 5.99. The highest BCUT2D eigenvalue weighted by atomic mass is 35.5. The summed E-state index contributed by atoms with van der Waals surface area (Å²) in [5.74, 6) is -0.408. The quantitative estimate of drug-likeness (QED) is 0.163. The summed E-state index contributed by atoms with van der Waals surface area (Å²) in [4.78, 5) is 21.6. The minimum absolute atomic E-state index is 0.0696. The summed E-state index contributed by atoms with van der Waals surface area (Å²) in [5.41, 5.74) is 2.27. The van der Waals surface area contributed by atoms with E-state index in [4.69, 9.17) is 67.8 Å². The topological polar surface area (TPSA) is 35.5 Å². The lowest BCUT2D eigenvalue weighted by atomic mass is 9.98. The highest BCUT2D eigenvalue weighted by molar-refractivity contribution is 6.48. The summed E-state index contributed by atoms with van der Waals surface area (Å²) in [5, 5.41) is 1.39. The summed E-state index contributed by atoms with van der Waals surface area (Å²) in [6.07, 6.45) is 3.58. The van der Waals surface area contributed by atoms with Crippen LogP contribution in [0.1, 0.15) is 45.1 Å². The molecule has 2 aromatic carbocycles. The number of unbranched alkanes of at least 4 members (excludes halogenated alkanes) is 2. The average molecular weight is 485 g/mol. The predicted octanol–water partition coefficient (Wildman–Crippen LogP) is 8.60. The molecule has 0 aromatic heterocycles. The zero-order valence-electron chi connectivity index (χ0n) is 15.4. The van der Waals surface area contributed by atoms with Crippen molar-refractivity contribution in [2.75, 3.05) is 0 Å². The molecule has 2 rings (SSSR count). The Morgan fingerprint density at radius 3 is 2.11 bits per heavy atom. The molecular formula is C20H19Cl5O3. The van der Waals surface area contributed by atoms with Gasteiger partial charge in [0.1, 0.15) is 0 Å². The van der Waals surface area contributed by atoms with Crippen molar-refractivity contribution in [3.63, 3.8) is 0 Å². The van der Waals surface area contributed by atoms with E-state index in [-0.39, 0.29) is 22.2 Å². The van der Waals surface area contributed by atoms with Crippen molar-refractivity contribution in [1.82, 2.24) is 0 Å². The summed E-state index contributed by atoms with van der Waals surface area (Å²) in [6.45, 7) is 4.00. The molecule has 0 aliphatic heterocycles. The molecule has 0 atom stereocenters. The van der Waals surface area contributed by atoms with E-state index in [0.717, 1.165) is 30.4 Å². The van der Waals surface area contributed by atoms with Crippen LogP contribution in [0.15, 0.2) is 18.2 Å². The predicted molar refractivity (Wildman–Crippen MR) is 117 cm³/mol. The molecule has 0 radical (unpaired) electrons. The van der Waals surface area contributed by atoms with Crippen molar-refractivity contribution in [1.29, 1.82) is 0 Å². The Morgan fingerprint density at radius 1 is 0.893 bits per heavy atom. The van der Waals surface area contributed by atoms with Crippen LogP contribution in [0.5, 0.6) is 5.75 Å². The van der Waals surface area contributed by atoms with Crippen molar-refractivity contribution in [3.05, 3.63) is 48.9 Å². The molecule has 8 heteroatoms. The summed E-state index contributed by atoms with van der Waals surface area (Å²) >= 11 is 31.3. The van der Waals surface area contributed by atoms with Gasteiger partial charge in [0, 0.05) is 0 Å². The minimum Gasteiger partial charge on any atom is -0.284 e. The van der Waals surface area contributed by atoms with Gasteiger partial charge >= 0.3 is 5.97 Å². The van der Waals surface area contributed by atoms with Crippen molar-refractivity contribution in [3.8, 4) is 16.9 Å². The standard InChI is InChI=1S/C20H19Cl5O3/c1-3-5-6-7-17(26)27-28-20-15(22)8-11(9-16(20)23)13-10-14(21)19(25)18(24)12(13)4-2/h8-10H,3-7H2,1-2H3. The summed E-state index contributed by atoms with van der Waals surface area (Å²) in [7, 11) is 0. The fourth-order valence-corrected chi connectivity index (χ4v) is 3.99. The van der Waals surface area contributed by atoms with E-state index in [9.17, 15) is 4.79 Å². The van der Waals surface area contributed by atoms with Gasteiger partial charge in [0.05, 0.1) is 31.5 Å². The minimum atomic E-state index is -0.478. The van der Waals surface area contributed by atoms with Crippen LogP contribution < -0.4 is 4.89 Å². The van der Waals surface area contributed by atoms with Gasteiger partial charge in [0.15, 0.2) is 0 Å². The second-order valence-corrected chi connectivity index (χ2v) is 8.11. The first kappa shape index (κ1) is 23.4. The second kappa shape index (κ2) is 10.8. The van der Waals surface area contributed by atoms with Crippen LogP contribution in [-0.4, -0.2) is 5.97 Å². The maximum absolute atomic E-state index is 11.7. The molecule has 0 bridgehead atoms. The summed E-state index contributed by atoms with van der Waals surface area (Å²) in [6, 6.07) is 5.00. The first-order valence-electron chi connectivity index (χ1n) is 8.83. The van der Waals surface area contributed by atoms with E-state index in [1.54, 1.807) is 18.2 Å². The number of halogens is 5. The first-order valence-corrected chi connectivity index (χ1v) is 10.7. The number of carbonyl (C=O) groups is 1. The highest BCUT2D eigenvalue weighted by Crippen LogP contribution is 2.43. The molecule has 0 aliphatic rings. The molecule has 0 saturated heterocycles. The van der Waals surface area contributed by atoms with E-state index in [1.165, 1.54) is 0 Å². The fraction of sp³-hybridized carbons (Fsp3) is 0.350. The Labute approximate surface area is 189 Å². The molecule has 0 fully saturated rings. The molecule has 3 nitrogen and oxygen atoms in total. The van der Waals surface area contributed by atoms with Crippen molar-refractivity contribution in [2.24, 2.45) is 0 Å². The van der Waals surface area contributed by atoms with Crippen molar-refractivity contribution < 1.29 is 14.6 Å². The van der Waals surface area contributed by atoms with Gasteiger partial charge in [-0.1, -0.05) is 84.7 Å². The molecule has 2 aromatic rings. The molecule has 0 spiro atoms. The molecular weight excluding hydrogens is 465 g/mol. The van der Waals surface area contributed by atoms with Gasteiger partial charge in [-0.05, 0) is 47.7 Å². The van der Waals surface area contributed by atoms with Gasteiger partial charge < -0.3 is 0 Å². The molecule has 152 valence electrons. The molecule has 0 N–H and O–H groups in total. The maximum atomic E-state index is 11.7. The number of benzene rings is 2. The van der Waals surface area contributed by atoms with Gasteiger partial charge in [-0.3, -0.25) is 9.78 Å². The Hall–Kier alpha value is -0.840. The van der Waals surface area contributed by atoms with Gasteiger partial charge in [0.2, 0.25) is 5.75 Å². The molecule has 28 heavy (non-hydrogen) atoms.